The lowest BCUT2D eigenvalue weighted by Crippen LogP contribution is -2.35. The number of hydrogen-bond acceptors (Lipinski definition) is 2. The van der Waals surface area contributed by atoms with Gasteiger partial charge in [0.15, 0.2) is 11.6 Å². The molecule has 0 aliphatic rings. The largest absolute Gasteiger partial charge is 0.486 e. The molecule has 0 heterocycles. The summed E-state index contributed by atoms with van der Waals surface area (Å²) in [4.78, 5) is 0. The van der Waals surface area contributed by atoms with Gasteiger partial charge in [0.25, 0.3) is 0 Å². The maximum Gasteiger partial charge on any atom is 0.165 e. The van der Waals surface area contributed by atoms with E-state index in [0.717, 1.165) is 5.56 Å². The molecule has 0 atom stereocenters. The van der Waals surface area contributed by atoms with Crippen LogP contribution in [0.3, 0.4) is 0 Å². The molecule has 1 rings (SSSR count). The lowest BCUT2D eigenvalue weighted by atomic mass is 10.1. The summed E-state index contributed by atoms with van der Waals surface area (Å²) in [6, 6.07) is 5.01. The van der Waals surface area contributed by atoms with Crippen molar-refractivity contribution in [3.63, 3.8) is 0 Å². The van der Waals surface area contributed by atoms with E-state index in [-0.39, 0.29) is 11.4 Å². The summed E-state index contributed by atoms with van der Waals surface area (Å²) in [5, 5.41) is 3.33. The summed E-state index contributed by atoms with van der Waals surface area (Å²) in [7, 11) is 0. The molecule has 1 aromatic carbocycles. The standard InChI is InChI=1S/C15H22FNO/c1-5-6-10-18-14-12(8-7-9-13(14)16)11-17-15(2,3)4/h5-9,17H,10-11H2,1-4H3/b6-5+. The van der Waals surface area contributed by atoms with E-state index in [2.05, 4.69) is 26.1 Å². The van der Waals surface area contributed by atoms with Crippen LogP contribution < -0.4 is 10.1 Å². The van der Waals surface area contributed by atoms with Gasteiger partial charge in [-0.25, -0.2) is 4.39 Å². The number of nitrogens with one attached hydrogen (secondary N) is 1. The molecule has 0 fully saturated rings. The third-order valence-corrected chi connectivity index (χ3v) is 2.42. The van der Waals surface area contributed by atoms with Crippen LogP contribution in [0, 0.1) is 5.82 Å². The zero-order chi connectivity index (χ0) is 13.6. The summed E-state index contributed by atoms with van der Waals surface area (Å²) in [5.41, 5.74) is 0.835. The van der Waals surface area contributed by atoms with E-state index >= 15 is 0 Å². The Labute approximate surface area is 109 Å². The van der Waals surface area contributed by atoms with Gasteiger partial charge in [0.05, 0.1) is 0 Å². The monoisotopic (exact) mass is 251 g/mol. The molecule has 1 N–H and O–H groups in total. The van der Waals surface area contributed by atoms with E-state index in [1.807, 2.05) is 25.1 Å². The van der Waals surface area contributed by atoms with Gasteiger partial charge < -0.3 is 10.1 Å². The van der Waals surface area contributed by atoms with Gasteiger partial charge in [-0.1, -0.05) is 24.3 Å². The normalized spacial score (nSPS) is 12.1. The fraction of sp³-hybridized carbons (Fsp3) is 0.467. The number of halogens is 1. The van der Waals surface area contributed by atoms with Crippen LogP contribution in [-0.2, 0) is 6.54 Å². The Hall–Kier alpha value is -1.35. The quantitative estimate of drug-likeness (QED) is 0.806. The molecule has 0 saturated carbocycles. The molecule has 0 aliphatic heterocycles. The summed E-state index contributed by atoms with van der Waals surface area (Å²) < 4.78 is 19.2. The molecule has 0 unspecified atom stereocenters. The van der Waals surface area contributed by atoms with Crippen molar-refractivity contribution in [2.24, 2.45) is 0 Å². The molecule has 18 heavy (non-hydrogen) atoms. The molecule has 0 radical (unpaired) electrons. The Bertz CT molecular complexity index is 407. The molecular formula is C15H22FNO. The van der Waals surface area contributed by atoms with Crippen molar-refractivity contribution in [2.45, 2.75) is 39.8 Å². The molecule has 1 aromatic rings. The Morgan fingerprint density at radius 2 is 2.06 bits per heavy atom. The minimum absolute atomic E-state index is 0.00703. The summed E-state index contributed by atoms with van der Waals surface area (Å²) >= 11 is 0. The van der Waals surface area contributed by atoms with Gasteiger partial charge in [0.1, 0.15) is 6.61 Å². The van der Waals surface area contributed by atoms with E-state index in [4.69, 9.17) is 4.74 Å². The van der Waals surface area contributed by atoms with Crippen molar-refractivity contribution in [1.29, 1.82) is 0 Å². The number of para-hydroxylation sites is 1. The van der Waals surface area contributed by atoms with E-state index < -0.39 is 0 Å². The third kappa shape index (κ3) is 4.88. The second-order valence-electron chi connectivity index (χ2n) is 5.21. The van der Waals surface area contributed by atoms with Gasteiger partial charge in [-0.3, -0.25) is 0 Å². The fourth-order valence-corrected chi connectivity index (χ4v) is 1.44. The average Bonchev–Trinajstić information content (AvgIpc) is 2.28. The second kappa shape index (κ2) is 6.55. The van der Waals surface area contributed by atoms with Crippen LogP contribution in [0.15, 0.2) is 30.4 Å². The molecule has 0 saturated heterocycles. The molecule has 0 spiro atoms. The maximum absolute atomic E-state index is 13.7. The molecule has 0 aliphatic carbocycles. The number of allylic oxidation sites excluding steroid dienone is 1. The van der Waals surface area contributed by atoms with Gasteiger partial charge in [-0.05, 0) is 33.8 Å². The van der Waals surface area contributed by atoms with Crippen LogP contribution in [0.4, 0.5) is 4.39 Å². The van der Waals surface area contributed by atoms with Gasteiger partial charge in [0.2, 0.25) is 0 Å². The summed E-state index contributed by atoms with van der Waals surface area (Å²) in [5.74, 6) is 0.0278. The van der Waals surface area contributed by atoms with Crippen LogP contribution in [0.1, 0.15) is 33.3 Å². The Balaban J connectivity index is 2.79. The van der Waals surface area contributed by atoms with Crippen LogP contribution in [0.2, 0.25) is 0 Å². The molecule has 3 heteroatoms. The minimum Gasteiger partial charge on any atom is -0.486 e. The van der Waals surface area contributed by atoms with Crippen molar-refractivity contribution in [1.82, 2.24) is 5.32 Å². The molecule has 2 nitrogen and oxygen atoms in total. The SMILES string of the molecule is C/C=C/COc1c(F)cccc1CNC(C)(C)C. The van der Waals surface area contributed by atoms with Gasteiger partial charge in [0, 0.05) is 17.6 Å². The highest BCUT2D eigenvalue weighted by atomic mass is 19.1. The third-order valence-electron chi connectivity index (χ3n) is 2.42. The van der Waals surface area contributed by atoms with E-state index in [1.54, 1.807) is 6.07 Å². The van der Waals surface area contributed by atoms with Crippen molar-refractivity contribution in [3.8, 4) is 5.75 Å². The van der Waals surface area contributed by atoms with Crippen molar-refractivity contribution >= 4 is 0 Å². The maximum atomic E-state index is 13.7. The zero-order valence-corrected chi connectivity index (χ0v) is 11.6. The van der Waals surface area contributed by atoms with Gasteiger partial charge in [-0.2, -0.15) is 0 Å². The zero-order valence-electron chi connectivity index (χ0n) is 11.6. The smallest absolute Gasteiger partial charge is 0.165 e. The first-order valence-corrected chi connectivity index (χ1v) is 6.20. The number of benzene rings is 1. The van der Waals surface area contributed by atoms with Crippen LogP contribution in [0.5, 0.6) is 5.75 Å². The van der Waals surface area contributed by atoms with Crippen molar-refractivity contribution in [2.75, 3.05) is 6.61 Å². The topological polar surface area (TPSA) is 21.3 Å². The summed E-state index contributed by atoms with van der Waals surface area (Å²) in [6.07, 6.45) is 3.74. The second-order valence-corrected chi connectivity index (χ2v) is 5.21. The molecule has 100 valence electrons. The molecular weight excluding hydrogens is 229 g/mol. The van der Waals surface area contributed by atoms with Crippen molar-refractivity contribution < 1.29 is 9.13 Å². The van der Waals surface area contributed by atoms with Gasteiger partial charge >= 0.3 is 0 Å². The van der Waals surface area contributed by atoms with E-state index in [0.29, 0.717) is 18.9 Å². The lowest BCUT2D eigenvalue weighted by molar-refractivity contribution is 0.332. The first-order chi connectivity index (χ1) is 8.44. The first-order valence-electron chi connectivity index (χ1n) is 6.20. The average molecular weight is 251 g/mol. The van der Waals surface area contributed by atoms with E-state index in [9.17, 15) is 4.39 Å². The van der Waals surface area contributed by atoms with Crippen molar-refractivity contribution in [3.05, 3.63) is 41.7 Å². The number of hydrogen-bond donors (Lipinski definition) is 1. The highest BCUT2D eigenvalue weighted by Crippen LogP contribution is 2.23. The molecule has 0 amide bonds. The minimum atomic E-state index is -0.312. The molecule has 0 bridgehead atoms. The predicted molar refractivity (Wildman–Crippen MR) is 73.3 cm³/mol. The number of rotatable bonds is 5. The Kier molecular flexibility index (Phi) is 5.35. The predicted octanol–water partition coefficient (Wildman–Crippen LogP) is 3.67. The lowest BCUT2D eigenvalue weighted by Gasteiger charge is -2.21. The van der Waals surface area contributed by atoms with Crippen LogP contribution in [0.25, 0.3) is 0 Å². The summed E-state index contributed by atoms with van der Waals surface area (Å²) in [6.45, 7) is 9.12. The highest BCUT2D eigenvalue weighted by molar-refractivity contribution is 5.35. The van der Waals surface area contributed by atoms with Gasteiger partial charge in [-0.15, -0.1) is 0 Å². The van der Waals surface area contributed by atoms with E-state index in [1.165, 1.54) is 6.07 Å². The Morgan fingerprint density at radius 3 is 2.67 bits per heavy atom. The number of ether oxygens (including phenoxy) is 1. The molecule has 0 aromatic heterocycles. The Morgan fingerprint density at radius 1 is 1.33 bits per heavy atom. The van der Waals surface area contributed by atoms with Crippen LogP contribution in [-0.4, -0.2) is 12.1 Å². The highest BCUT2D eigenvalue weighted by Gasteiger charge is 2.13. The first kappa shape index (κ1) is 14.7. The fourth-order valence-electron chi connectivity index (χ4n) is 1.44. The van der Waals surface area contributed by atoms with Crippen LogP contribution >= 0.6 is 0 Å².